The molecule has 3 N–H and O–H groups in total. The first-order valence-electron chi connectivity index (χ1n) is 7.31. The maximum atomic E-state index is 12.3. The average molecular weight is 286 g/mol. The third-order valence-corrected chi connectivity index (χ3v) is 4.05. The highest BCUT2D eigenvalue weighted by molar-refractivity contribution is 5.97. The van der Waals surface area contributed by atoms with E-state index in [4.69, 9.17) is 0 Å². The Balaban J connectivity index is 1.94. The number of carbonyl (C=O) groups excluding carboxylic acids is 1. The van der Waals surface area contributed by atoms with Gasteiger partial charge in [-0.15, -0.1) is 0 Å². The summed E-state index contributed by atoms with van der Waals surface area (Å²) >= 11 is 0. The minimum atomic E-state index is -0.516. The molecular weight excluding hydrogens is 268 g/mol. The highest BCUT2D eigenvalue weighted by Crippen LogP contribution is 2.19. The van der Waals surface area contributed by atoms with Gasteiger partial charge >= 0.3 is 0 Å². The van der Waals surface area contributed by atoms with Crippen molar-refractivity contribution in [3.63, 3.8) is 0 Å². The van der Waals surface area contributed by atoms with Crippen LogP contribution in [0.25, 0.3) is 10.9 Å². The smallest absolute Gasteiger partial charge is 0.271 e. The van der Waals surface area contributed by atoms with E-state index in [1.165, 1.54) is 6.42 Å². The van der Waals surface area contributed by atoms with Crippen LogP contribution in [-0.4, -0.2) is 22.0 Å². The quantitative estimate of drug-likeness (QED) is 0.792. The number of amides is 1. The van der Waals surface area contributed by atoms with E-state index in [0.29, 0.717) is 10.9 Å². The number of benzene rings is 1. The number of carbonyl (C=O) groups is 1. The van der Waals surface area contributed by atoms with Gasteiger partial charge in [-0.1, -0.05) is 31.4 Å². The van der Waals surface area contributed by atoms with Gasteiger partial charge in [-0.2, -0.15) is 0 Å². The van der Waals surface area contributed by atoms with Crippen molar-refractivity contribution in [2.75, 3.05) is 0 Å². The van der Waals surface area contributed by atoms with Crippen LogP contribution >= 0.6 is 0 Å². The van der Waals surface area contributed by atoms with Crippen LogP contribution in [0.4, 0.5) is 0 Å². The zero-order valence-corrected chi connectivity index (χ0v) is 11.7. The molecule has 3 rings (SSSR count). The molecule has 21 heavy (non-hydrogen) atoms. The molecule has 5 nitrogen and oxygen atoms in total. The molecule has 1 heterocycles. The highest BCUT2D eigenvalue weighted by Gasteiger charge is 2.21. The van der Waals surface area contributed by atoms with E-state index in [1.54, 1.807) is 24.3 Å². The van der Waals surface area contributed by atoms with E-state index in [0.717, 1.165) is 25.7 Å². The summed E-state index contributed by atoms with van der Waals surface area (Å²) in [4.78, 5) is 27.2. The number of para-hydroxylation sites is 1. The third-order valence-electron chi connectivity index (χ3n) is 4.05. The second-order valence-electron chi connectivity index (χ2n) is 5.53. The zero-order chi connectivity index (χ0) is 14.8. The van der Waals surface area contributed by atoms with Gasteiger partial charge in [0.15, 0.2) is 11.4 Å². The fourth-order valence-corrected chi connectivity index (χ4v) is 2.89. The van der Waals surface area contributed by atoms with Crippen molar-refractivity contribution in [3.05, 3.63) is 40.2 Å². The van der Waals surface area contributed by atoms with Crippen molar-refractivity contribution < 1.29 is 9.90 Å². The molecule has 0 bridgehead atoms. The van der Waals surface area contributed by atoms with E-state index >= 15 is 0 Å². The largest absolute Gasteiger partial charge is 0.503 e. The third kappa shape index (κ3) is 2.63. The molecule has 0 unspecified atom stereocenters. The van der Waals surface area contributed by atoms with Crippen LogP contribution in [0.5, 0.6) is 5.75 Å². The van der Waals surface area contributed by atoms with Crippen LogP contribution in [0, 0.1) is 0 Å². The van der Waals surface area contributed by atoms with Crippen LogP contribution in [-0.2, 0) is 0 Å². The van der Waals surface area contributed by atoms with Gasteiger partial charge in [0.25, 0.3) is 5.91 Å². The van der Waals surface area contributed by atoms with Crippen LogP contribution in [0.15, 0.2) is 29.1 Å². The van der Waals surface area contributed by atoms with Crippen molar-refractivity contribution in [1.29, 1.82) is 0 Å². The van der Waals surface area contributed by atoms with Gasteiger partial charge in [-0.25, -0.2) is 0 Å². The number of hydrogen-bond donors (Lipinski definition) is 3. The molecular formula is C16H18N2O3. The number of pyridine rings is 1. The fraction of sp³-hybridized carbons (Fsp3) is 0.375. The van der Waals surface area contributed by atoms with Gasteiger partial charge in [0, 0.05) is 11.4 Å². The van der Waals surface area contributed by atoms with E-state index in [2.05, 4.69) is 10.3 Å². The summed E-state index contributed by atoms with van der Waals surface area (Å²) in [6.45, 7) is 0. The lowest BCUT2D eigenvalue weighted by Crippen LogP contribution is -2.37. The standard InChI is InChI=1S/C16H18N2O3/c19-14-11-8-4-5-9-12(11)18-13(15(14)20)16(21)17-10-6-2-1-3-7-10/h4-5,8-10,20H,1-3,6-7H2,(H,17,21)(H,18,19). The van der Waals surface area contributed by atoms with Gasteiger partial charge < -0.3 is 15.4 Å². The van der Waals surface area contributed by atoms with Crippen molar-refractivity contribution >= 4 is 16.8 Å². The molecule has 1 aromatic heterocycles. The Morgan fingerprint density at radius 2 is 1.90 bits per heavy atom. The van der Waals surface area contributed by atoms with Crippen LogP contribution < -0.4 is 10.7 Å². The predicted molar refractivity (Wildman–Crippen MR) is 80.6 cm³/mol. The molecule has 0 aliphatic heterocycles. The first-order valence-corrected chi connectivity index (χ1v) is 7.31. The Kier molecular flexibility index (Phi) is 3.64. The first-order chi connectivity index (χ1) is 10.2. The Bertz CT molecular complexity index is 730. The lowest BCUT2D eigenvalue weighted by Gasteiger charge is -2.22. The maximum absolute atomic E-state index is 12.3. The highest BCUT2D eigenvalue weighted by atomic mass is 16.3. The summed E-state index contributed by atoms with van der Waals surface area (Å²) < 4.78 is 0. The number of aromatic amines is 1. The molecule has 0 radical (unpaired) electrons. The average Bonchev–Trinajstić information content (AvgIpc) is 2.52. The van der Waals surface area contributed by atoms with E-state index in [-0.39, 0.29) is 11.7 Å². The van der Waals surface area contributed by atoms with E-state index in [9.17, 15) is 14.7 Å². The predicted octanol–water partition coefficient (Wildman–Crippen LogP) is 2.30. The summed E-state index contributed by atoms with van der Waals surface area (Å²) in [5.41, 5.74) is -0.0171. The molecule has 1 fully saturated rings. The summed E-state index contributed by atoms with van der Waals surface area (Å²) in [7, 11) is 0. The Hall–Kier alpha value is -2.30. The fourth-order valence-electron chi connectivity index (χ4n) is 2.89. The van der Waals surface area contributed by atoms with Crippen LogP contribution in [0.2, 0.25) is 0 Å². The van der Waals surface area contributed by atoms with Crippen LogP contribution in [0.1, 0.15) is 42.6 Å². The molecule has 0 atom stereocenters. The molecule has 0 saturated heterocycles. The monoisotopic (exact) mass is 286 g/mol. The molecule has 1 aliphatic carbocycles. The van der Waals surface area contributed by atoms with E-state index in [1.807, 2.05) is 0 Å². The zero-order valence-electron chi connectivity index (χ0n) is 11.7. The molecule has 110 valence electrons. The Labute approximate surface area is 122 Å². The van der Waals surface area contributed by atoms with E-state index < -0.39 is 17.1 Å². The minimum Gasteiger partial charge on any atom is -0.503 e. The lowest BCUT2D eigenvalue weighted by atomic mass is 9.95. The number of rotatable bonds is 2. The number of H-pyrrole nitrogens is 1. The summed E-state index contributed by atoms with van der Waals surface area (Å²) in [5, 5.41) is 13.3. The molecule has 1 amide bonds. The van der Waals surface area contributed by atoms with Gasteiger partial charge in [-0.05, 0) is 25.0 Å². The summed E-state index contributed by atoms with van der Waals surface area (Å²) in [6.07, 6.45) is 5.30. The summed E-state index contributed by atoms with van der Waals surface area (Å²) in [6, 6.07) is 6.96. The second kappa shape index (κ2) is 5.60. The first kappa shape index (κ1) is 13.7. The topological polar surface area (TPSA) is 82.2 Å². The number of nitrogens with one attached hydrogen (secondary N) is 2. The molecule has 2 aromatic rings. The molecule has 1 aromatic carbocycles. The van der Waals surface area contributed by atoms with Gasteiger partial charge in [0.2, 0.25) is 5.43 Å². The lowest BCUT2D eigenvalue weighted by molar-refractivity contribution is 0.0920. The van der Waals surface area contributed by atoms with Crippen molar-refractivity contribution in [3.8, 4) is 5.75 Å². The Morgan fingerprint density at radius 3 is 2.67 bits per heavy atom. The number of aromatic hydroxyl groups is 1. The SMILES string of the molecule is O=C(NC1CCCCC1)c1[nH]c2ccccc2c(=O)c1O. The summed E-state index contributed by atoms with van der Waals surface area (Å²) in [5.74, 6) is -0.927. The van der Waals surface area contributed by atoms with Gasteiger partial charge in [0.05, 0.1) is 5.52 Å². The number of aromatic nitrogens is 1. The second-order valence-corrected chi connectivity index (χ2v) is 5.53. The van der Waals surface area contributed by atoms with Crippen molar-refractivity contribution in [2.45, 2.75) is 38.1 Å². The van der Waals surface area contributed by atoms with Crippen molar-refractivity contribution in [1.82, 2.24) is 10.3 Å². The number of hydrogen-bond acceptors (Lipinski definition) is 3. The minimum absolute atomic E-state index is 0.0516. The Morgan fingerprint density at radius 1 is 1.19 bits per heavy atom. The van der Waals surface area contributed by atoms with Gasteiger partial charge in [0.1, 0.15) is 0 Å². The molecule has 5 heteroatoms. The normalized spacial score (nSPS) is 16.0. The maximum Gasteiger partial charge on any atom is 0.271 e. The van der Waals surface area contributed by atoms with Crippen LogP contribution in [0.3, 0.4) is 0 Å². The molecule has 1 saturated carbocycles. The number of fused-ring (bicyclic) bond motifs is 1. The van der Waals surface area contributed by atoms with Gasteiger partial charge in [-0.3, -0.25) is 9.59 Å². The molecule has 0 spiro atoms. The van der Waals surface area contributed by atoms with Crippen molar-refractivity contribution in [2.24, 2.45) is 0 Å². The molecule has 1 aliphatic rings.